The zero-order chi connectivity index (χ0) is 28.7. The van der Waals surface area contributed by atoms with Crippen LogP contribution in [0.3, 0.4) is 0 Å². The number of guanidine groups is 1. The van der Waals surface area contributed by atoms with Crippen molar-refractivity contribution in [2.24, 2.45) is 15.9 Å². The summed E-state index contributed by atoms with van der Waals surface area (Å²) < 4.78 is 5.15. The highest BCUT2D eigenvalue weighted by molar-refractivity contribution is 6.03. The number of rotatable bonds is 6. The zero-order valence-corrected chi connectivity index (χ0v) is 25.1. The topological polar surface area (TPSA) is 86.5 Å². The molecule has 3 aliphatic heterocycles. The standard InChI is InChI=1S/C32H43N7O2/c1-6-25-9-8-12-39(25)31-35-29(26-19-32(26,36-31)24-10-11-33-27(18-24)21(3)4)38-15-13-37(14-16-38)28-22(5)17-23(20-34-28)30(40)41-7-2/h10-11,17-18,20-21,25-26H,6-9,12-16,19H2,1-5H3. The predicted octanol–water partition coefficient (Wildman–Crippen LogP) is 4.77. The lowest BCUT2D eigenvalue weighted by Gasteiger charge is -2.39. The summed E-state index contributed by atoms with van der Waals surface area (Å²) >= 11 is 0. The van der Waals surface area contributed by atoms with Crippen LogP contribution in [0.1, 0.15) is 86.5 Å². The number of amidine groups is 1. The molecule has 3 fully saturated rings. The van der Waals surface area contributed by atoms with E-state index in [2.05, 4.69) is 57.6 Å². The maximum absolute atomic E-state index is 12.2. The number of piperazine rings is 1. The number of nitrogens with zero attached hydrogens (tertiary/aromatic N) is 7. The van der Waals surface area contributed by atoms with Crippen LogP contribution in [0.25, 0.3) is 0 Å². The molecular weight excluding hydrogens is 514 g/mol. The molecule has 0 bridgehead atoms. The fourth-order valence-electron chi connectivity index (χ4n) is 6.80. The molecule has 0 amide bonds. The number of carbonyl (C=O) groups excluding carboxylic acids is 1. The molecule has 9 heteroatoms. The van der Waals surface area contributed by atoms with Gasteiger partial charge >= 0.3 is 5.97 Å². The zero-order valence-electron chi connectivity index (χ0n) is 25.1. The van der Waals surface area contributed by atoms with Gasteiger partial charge in [0.05, 0.1) is 12.2 Å². The molecule has 2 aromatic rings. The largest absolute Gasteiger partial charge is 0.462 e. The van der Waals surface area contributed by atoms with E-state index in [-0.39, 0.29) is 11.5 Å². The highest BCUT2D eigenvalue weighted by Gasteiger charge is 2.62. The number of fused-ring (bicyclic) bond motifs is 1. The summed E-state index contributed by atoms with van der Waals surface area (Å²) in [5.41, 5.74) is 3.66. The van der Waals surface area contributed by atoms with Crippen LogP contribution in [0.15, 0.2) is 40.6 Å². The van der Waals surface area contributed by atoms with Crippen molar-refractivity contribution in [3.63, 3.8) is 0 Å². The van der Waals surface area contributed by atoms with Gasteiger partial charge in [-0.1, -0.05) is 20.8 Å². The van der Waals surface area contributed by atoms with Crippen molar-refractivity contribution in [2.45, 2.75) is 77.8 Å². The normalized spacial score (nSPS) is 25.7. The van der Waals surface area contributed by atoms with E-state index >= 15 is 0 Å². The smallest absolute Gasteiger partial charge is 0.339 e. The third-order valence-corrected chi connectivity index (χ3v) is 9.20. The minimum absolute atomic E-state index is 0.238. The molecule has 0 spiro atoms. The lowest BCUT2D eigenvalue weighted by molar-refractivity contribution is 0.0525. The molecule has 3 unspecified atom stereocenters. The molecule has 1 saturated carbocycles. The number of esters is 1. The molecule has 1 aliphatic carbocycles. The lowest BCUT2D eigenvalue weighted by atomic mass is 9.98. The Morgan fingerprint density at radius 2 is 1.88 bits per heavy atom. The van der Waals surface area contributed by atoms with Crippen molar-refractivity contribution in [2.75, 3.05) is 44.2 Å². The van der Waals surface area contributed by atoms with E-state index < -0.39 is 0 Å². The Kier molecular flexibility index (Phi) is 7.47. The molecule has 5 heterocycles. The van der Waals surface area contributed by atoms with Crippen LogP contribution in [0.5, 0.6) is 0 Å². The molecule has 3 atom stereocenters. The van der Waals surface area contributed by atoms with Crippen LogP contribution in [0.2, 0.25) is 0 Å². The monoisotopic (exact) mass is 557 g/mol. The minimum atomic E-state index is -0.321. The van der Waals surface area contributed by atoms with Crippen LogP contribution in [-0.4, -0.2) is 82.9 Å². The second kappa shape index (κ2) is 11.1. The van der Waals surface area contributed by atoms with Crippen molar-refractivity contribution in [1.82, 2.24) is 19.8 Å². The fraction of sp³-hybridized carbons (Fsp3) is 0.594. The van der Waals surface area contributed by atoms with Gasteiger partial charge in [0.2, 0.25) is 5.96 Å². The van der Waals surface area contributed by atoms with Crippen LogP contribution in [0.4, 0.5) is 5.82 Å². The average Bonchev–Trinajstić information content (AvgIpc) is 3.55. The molecule has 0 aromatic carbocycles. The highest BCUT2D eigenvalue weighted by Crippen LogP contribution is 2.58. The van der Waals surface area contributed by atoms with Gasteiger partial charge in [-0.15, -0.1) is 0 Å². The van der Waals surface area contributed by atoms with Crippen molar-refractivity contribution in [1.29, 1.82) is 0 Å². The molecule has 6 rings (SSSR count). The van der Waals surface area contributed by atoms with E-state index in [0.29, 0.717) is 30.0 Å². The van der Waals surface area contributed by atoms with Gasteiger partial charge < -0.3 is 19.4 Å². The number of hydrogen-bond acceptors (Lipinski definition) is 9. The Bertz CT molecular complexity index is 1360. The van der Waals surface area contributed by atoms with E-state index in [1.54, 1.807) is 6.20 Å². The first-order valence-corrected chi connectivity index (χ1v) is 15.4. The van der Waals surface area contributed by atoms with Crippen LogP contribution < -0.4 is 4.90 Å². The number of aliphatic imine (C=N–C) groups is 2. The molecule has 0 N–H and O–H groups in total. The first kappa shape index (κ1) is 27.7. The first-order chi connectivity index (χ1) is 19.8. The average molecular weight is 558 g/mol. The summed E-state index contributed by atoms with van der Waals surface area (Å²) in [6.07, 6.45) is 8.13. The van der Waals surface area contributed by atoms with Crippen LogP contribution >= 0.6 is 0 Å². The summed E-state index contributed by atoms with van der Waals surface area (Å²) in [6.45, 7) is 15.4. The molecule has 4 aliphatic rings. The van der Waals surface area contributed by atoms with Crippen molar-refractivity contribution in [3.8, 4) is 0 Å². The number of hydrogen-bond donors (Lipinski definition) is 0. The van der Waals surface area contributed by atoms with E-state index in [9.17, 15) is 4.79 Å². The summed E-state index contributed by atoms with van der Waals surface area (Å²) in [7, 11) is 0. The van der Waals surface area contributed by atoms with E-state index in [4.69, 9.17) is 14.7 Å². The van der Waals surface area contributed by atoms with Gasteiger partial charge in [0.25, 0.3) is 0 Å². The summed E-state index contributed by atoms with van der Waals surface area (Å²) in [4.78, 5) is 39.5. The maximum atomic E-state index is 12.2. The third kappa shape index (κ3) is 5.08. The molecular formula is C32H43N7O2. The molecule has 218 valence electrons. The van der Waals surface area contributed by atoms with Crippen molar-refractivity contribution < 1.29 is 9.53 Å². The minimum Gasteiger partial charge on any atom is -0.462 e. The van der Waals surface area contributed by atoms with Crippen LogP contribution in [0, 0.1) is 12.8 Å². The van der Waals surface area contributed by atoms with Gasteiger partial charge in [-0.3, -0.25) is 4.98 Å². The number of ether oxygens (including phenoxy) is 1. The summed E-state index contributed by atoms with van der Waals surface area (Å²) in [6, 6.07) is 6.85. The SMILES string of the molecule is CCOC(=O)c1cnc(N2CCN(C3=NC(N4CCCC4CC)=NC4(c5ccnc(C(C)C)c5)CC34)CC2)c(C)c1. The lowest BCUT2D eigenvalue weighted by Crippen LogP contribution is -2.51. The first-order valence-electron chi connectivity index (χ1n) is 15.4. The van der Waals surface area contributed by atoms with Gasteiger partial charge in [-0.25, -0.2) is 14.8 Å². The van der Waals surface area contributed by atoms with E-state index in [1.807, 2.05) is 26.1 Å². The predicted molar refractivity (Wildman–Crippen MR) is 162 cm³/mol. The Hall–Kier alpha value is -3.49. The quantitative estimate of drug-likeness (QED) is 0.473. The van der Waals surface area contributed by atoms with E-state index in [1.165, 1.54) is 24.2 Å². The summed E-state index contributed by atoms with van der Waals surface area (Å²) in [5.74, 6) is 3.41. The Balaban J connectivity index is 1.24. The van der Waals surface area contributed by atoms with Gasteiger partial charge in [0.1, 0.15) is 17.2 Å². The van der Waals surface area contributed by atoms with Crippen LogP contribution in [-0.2, 0) is 10.3 Å². The van der Waals surface area contributed by atoms with E-state index in [0.717, 1.165) is 68.6 Å². The third-order valence-electron chi connectivity index (χ3n) is 9.20. The molecule has 41 heavy (non-hydrogen) atoms. The van der Waals surface area contributed by atoms with Gasteiger partial charge in [-0.05, 0) is 74.8 Å². The molecule has 2 aromatic heterocycles. The Morgan fingerprint density at radius 3 is 2.59 bits per heavy atom. The van der Waals surface area contributed by atoms with Crippen molar-refractivity contribution >= 4 is 23.6 Å². The summed E-state index contributed by atoms with van der Waals surface area (Å²) in [5, 5.41) is 0. The number of carbonyl (C=O) groups is 1. The number of aromatic nitrogens is 2. The number of likely N-dealkylation sites (tertiary alicyclic amines) is 1. The highest BCUT2D eigenvalue weighted by atomic mass is 16.5. The molecule has 9 nitrogen and oxygen atoms in total. The van der Waals surface area contributed by atoms with Gasteiger partial charge in [-0.2, -0.15) is 4.99 Å². The Labute approximate surface area is 243 Å². The number of anilines is 1. The van der Waals surface area contributed by atoms with Gasteiger partial charge in [0, 0.05) is 62.8 Å². The maximum Gasteiger partial charge on any atom is 0.339 e. The number of pyridine rings is 2. The molecule has 0 radical (unpaired) electrons. The Morgan fingerprint density at radius 1 is 1.10 bits per heavy atom. The second-order valence-electron chi connectivity index (χ2n) is 12.1. The van der Waals surface area contributed by atoms with Crippen molar-refractivity contribution in [3.05, 3.63) is 53.0 Å². The molecule has 2 saturated heterocycles. The van der Waals surface area contributed by atoms with Gasteiger partial charge in [0.15, 0.2) is 0 Å². The number of aryl methyl sites for hydroxylation is 1. The second-order valence-corrected chi connectivity index (χ2v) is 12.1. The fourth-order valence-corrected chi connectivity index (χ4v) is 6.80.